The van der Waals surface area contributed by atoms with Gasteiger partial charge in [0, 0.05) is 12.1 Å². The second-order valence-corrected chi connectivity index (χ2v) is 13.7. The summed E-state index contributed by atoms with van der Waals surface area (Å²) in [5, 5.41) is 11.4. The normalized spacial score (nSPS) is 14.5. The highest BCUT2D eigenvalue weighted by atomic mass is 35.5. The minimum Gasteiger partial charge on any atom is -0.377 e. The lowest BCUT2D eigenvalue weighted by Crippen LogP contribution is -2.43. The van der Waals surface area contributed by atoms with E-state index in [1.165, 1.54) is 0 Å². The average molecular weight is 397 g/mol. The lowest BCUT2D eigenvalue weighted by atomic mass is 10.0. The van der Waals surface area contributed by atoms with Gasteiger partial charge < -0.3 is 14.6 Å². The van der Waals surface area contributed by atoms with Crippen molar-refractivity contribution in [2.75, 3.05) is 13.9 Å². The molecule has 3 nitrogen and oxygen atoms in total. The standard InChI is InChI=1S/C21H33ClO3Si/c1-15(2)26(16(3)4,17(5)6)13-12-20(23)21(25-14-24-7)18-8-10-19(22)11-9-18/h8-11,15-17,20-21,23H,14H2,1-7H3/t20-,21-/m1/s1. The van der Waals surface area contributed by atoms with Crippen molar-refractivity contribution in [3.63, 3.8) is 0 Å². The van der Waals surface area contributed by atoms with Crippen molar-refractivity contribution >= 4 is 19.7 Å². The number of ether oxygens (including phenoxy) is 2. The Labute approximate surface area is 165 Å². The number of benzene rings is 1. The maximum atomic E-state index is 10.8. The molecule has 0 bridgehead atoms. The molecule has 0 fully saturated rings. The monoisotopic (exact) mass is 396 g/mol. The molecule has 0 aliphatic rings. The first-order valence-corrected chi connectivity index (χ1v) is 11.8. The third kappa shape index (κ3) is 5.58. The second kappa shape index (κ2) is 10.5. The van der Waals surface area contributed by atoms with Gasteiger partial charge in [0.15, 0.2) is 0 Å². The Bertz CT molecular complexity index is 580. The van der Waals surface area contributed by atoms with E-state index in [0.29, 0.717) is 21.6 Å². The van der Waals surface area contributed by atoms with Crippen LogP contribution in [0.2, 0.25) is 21.6 Å². The number of hydrogen-bond donors (Lipinski definition) is 1. The van der Waals surface area contributed by atoms with Gasteiger partial charge in [0.05, 0.1) is 0 Å². The van der Waals surface area contributed by atoms with Crippen LogP contribution in [0.3, 0.4) is 0 Å². The van der Waals surface area contributed by atoms with E-state index in [1.807, 2.05) is 12.1 Å². The molecular formula is C21H33ClO3Si. The van der Waals surface area contributed by atoms with Crippen molar-refractivity contribution in [2.45, 2.75) is 70.4 Å². The molecule has 0 aliphatic heterocycles. The number of aliphatic hydroxyl groups excluding tert-OH is 1. The van der Waals surface area contributed by atoms with Crippen LogP contribution in [0.25, 0.3) is 0 Å². The van der Waals surface area contributed by atoms with Crippen LogP contribution in [-0.4, -0.2) is 33.2 Å². The fourth-order valence-corrected chi connectivity index (χ4v) is 9.26. The summed E-state index contributed by atoms with van der Waals surface area (Å²) in [4.78, 5) is 0. The van der Waals surface area contributed by atoms with E-state index >= 15 is 0 Å². The maximum Gasteiger partial charge on any atom is 0.147 e. The first-order chi connectivity index (χ1) is 12.2. The first-order valence-electron chi connectivity index (χ1n) is 9.23. The fourth-order valence-electron chi connectivity index (χ4n) is 3.87. The zero-order chi connectivity index (χ0) is 19.9. The topological polar surface area (TPSA) is 38.7 Å². The van der Waals surface area contributed by atoms with E-state index in [9.17, 15) is 5.11 Å². The lowest BCUT2D eigenvalue weighted by molar-refractivity contribution is -0.102. The van der Waals surface area contributed by atoms with Crippen LogP contribution in [0.5, 0.6) is 0 Å². The van der Waals surface area contributed by atoms with E-state index in [-0.39, 0.29) is 6.79 Å². The Balaban J connectivity index is 3.21. The van der Waals surface area contributed by atoms with E-state index in [4.69, 9.17) is 21.1 Å². The van der Waals surface area contributed by atoms with Crippen LogP contribution >= 0.6 is 11.6 Å². The van der Waals surface area contributed by atoms with Gasteiger partial charge in [-0.1, -0.05) is 71.2 Å². The molecule has 0 amide bonds. The quantitative estimate of drug-likeness (QED) is 0.354. The molecule has 5 heteroatoms. The summed E-state index contributed by atoms with van der Waals surface area (Å²) < 4.78 is 10.8. The molecule has 26 heavy (non-hydrogen) atoms. The Morgan fingerprint density at radius 3 is 1.92 bits per heavy atom. The van der Waals surface area contributed by atoms with E-state index in [1.54, 1.807) is 19.2 Å². The average Bonchev–Trinajstić information content (AvgIpc) is 2.56. The van der Waals surface area contributed by atoms with Crippen molar-refractivity contribution in [3.05, 3.63) is 34.9 Å². The van der Waals surface area contributed by atoms with E-state index < -0.39 is 20.3 Å². The fraction of sp³-hybridized carbons (Fsp3) is 0.619. The molecule has 0 heterocycles. The summed E-state index contributed by atoms with van der Waals surface area (Å²) in [6.07, 6.45) is -1.49. The Morgan fingerprint density at radius 2 is 1.50 bits per heavy atom. The van der Waals surface area contributed by atoms with Crippen LogP contribution in [0, 0.1) is 11.5 Å². The van der Waals surface area contributed by atoms with Crippen LogP contribution in [0.15, 0.2) is 24.3 Å². The van der Waals surface area contributed by atoms with Gasteiger partial charge in [-0.2, -0.15) is 0 Å². The van der Waals surface area contributed by atoms with Crippen molar-refractivity contribution in [1.82, 2.24) is 0 Å². The summed E-state index contributed by atoms with van der Waals surface area (Å²) in [7, 11) is -0.346. The summed E-state index contributed by atoms with van der Waals surface area (Å²) in [5.74, 6) is 3.14. The van der Waals surface area contributed by atoms with Crippen molar-refractivity contribution < 1.29 is 14.6 Å². The molecule has 0 spiro atoms. The molecular weight excluding hydrogens is 364 g/mol. The Morgan fingerprint density at radius 1 is 1.00 bits per heavy atom. The van der Waals surface area contributed by atoms with Crippen molar-refractivity contribution in [3.8, 4) is 11.5 Å². The van der Waals surface area contributed by atoms with Crippen LogP contribution < -0.4 is 0 Å². The van der Waals surface area contributed by atoms with Crippen molar-refractivity contribution in [1.29, 1.82) is 0 Å². The van der Waals surface area contributed by atoms with Gasteiger partial charge >= 0.3 is 0 Å². The molecule has 1 N–H and O–H groups in total. The Hall–Kier alpha value is -0.833. The minimum atomic E-state index is -1.91. The van der Waals surface area contributed by atoms with Gasteiger partial charge in [0.1, 0.15) is 27.1 Å². The number of rotatable bonds is 8. The van der Waals surface area contributed by atoms with Gasteiger partial charge in [-0.15, -0.1) is 5.54 Å². The Kier molecular flexibility index (Phi) is 9.36. The molecule has 1 rings (SSSR count). The largest absolute Gasteiger partial charge is 0.377 e. The van der Waals surface area contributed by atoms with Gasteiger partial charge in [-0.05, 0) is 34.3 Å². The molecule has 0 saturated carbocycles. The molecule has 2 atom stereocenters. The van der Waals surface area contributed by atoms with Gasteiger partial charge in [0.25, 0.3) is 0 Å². The lowest BCUT2D eigenvalue weighted by Gasteiger charge is -2.38. The zero-order valence-electron chi connectivity index (χ0n) is 17.0. The summed E-state index contributed by atoms with van der Waals surface area (Å²) >= 11 is 5.98. The molecule has 146 valence electrons. The van der Waals surface area contributed by atoms with Crippen LogP contribution in [0.4, 0.5) is 0 Å². The predicted octanol–water partition coefficient (Wildman–Crippen LogP) is 5.58. The maximum absolute atomic E-state index is 10.8. The molecule has 0 aliphatic carbocycles. The molecule has 1 aromatic rings. The highest BCUT2D eigenvalue weighted by molar-refractivity contribution is 6.90. The van der Waals surface area contributed by atoms with E-state index in [2.05, 4.69) is 53.0 Å². The number of aliphatic hydroxyl groups is 1. The van der Waals surface area contributed by atoms with Gasteiger partial charge in [0.2, 0.25) is 0 Å². The highest BCUT2D eigenvalue weighted by Gasteiger charge is 2.42. The molecule has 0 saturated heterocycles. The highest BCUT2D eigenvalue weighted by Crippen LogP contribution is 2.40. The first kappa shape index (κ1) is 23.2. The molecule has 0 unspecified atom stereocenters. The van der Waals surface area contributed by atoms with E-state index in [0.717, 1.165) is 5.56 Å². The van der Waals surface area contributed by atoms with Gasteiger partial charge in [-0.3, -0.25) is 0 Å². The number of methoxy groups -OCH3 is 1. The van der Waals surface area contributed by atoms with Crippen LogP contribution in [-0.2, 0) is 9.47 Å². The van der Waals surface area contributed by atoms with Gasteiger partial charge in [-0.25, -0.2) is 0 Å². The predicted molar refractivity (Wildman–Crippen MR) is 112 cm³/mol. The summed E-state index contributed by atoms with van der Waals surface area (Å²) in [6.45, 7) is 13.6. The molecule has 0 aromatic heterocycles. The number of hydrogen-bond acceptors (Lipinski definition) is 3. The molecule has 1 aromatic carbocycles. The third-order valence-corrected chi connectivity index (χ3v) is 11.7. The molecule has 0 radical (unpaired) electrons. The SMILES string of the molecule is COCO[C@H](c1ccc(Cl)cc1)[C@H](O)C#C[Si](C(C)C)(C(C)C)C(C)C. The number of halogens is 1. The van der Waals surface area contributed by atoms with Crippen molar-refractivity contribution in [2.24, 2.45) is 0 Å². The zero-order valence-corrected chi connectivity index (χ0v) is 18.8. The minimum absolute atomic E-state index is 0.0904. The third-order valence-electron chi connectivity index (χ3n) is 5.15. The smallest absolute Gasteiger partial charge is 0.147 e. The summed E-state index contributed by atoms with van der Waals surface area (Å²) in [6, 6.07) is 7.28. The summed E-state index contributed by atoms with van der Waals surface area (Å²) in [5.41, 5.74) is 5.92. The van der Waals surface area contributed by atoms with Crippen LogP contribution in [0.1, 0.15) is 53.2 Å². The second-order valence-electron chi connectivity index (χ2n) is 7.66.